The van der Waals surface area contributed by atoms with E-state index in [9.17, 15) is 4.79 Å². The molecule has 1 aliphatic heterocycles. The number of aromatic nitrogens is 2. The van der Waals surface area contributed by atoms with Crippen LogP contribution in [0.4, 0.5) is 5.13 Å². The lowest BCUT2D eigenvalue weighted by Crippen LogP contribution is -2.36. The fraction of sp³-hybridized carbons (Fsp3) is 0.240. The molecule has 1 fully saturated rings. The lowest BCUT2D eigenvalue weighted by Gasteiger charge is -2.31. The van der Waals surface area contributed by atoms with Gasteiger partial charge in [0.25, 0.3) is 5.91 Å². The van der Waals surface area contributed by atoms with Gasteiger partial charge in [-0.05, 0) is 55.8 Å². The Morgan fingerprint density at radius 3 is 2.69 bits per heavy atom. The summed E-state index contributed by atoms with van der Waals surface area (Å²) in [7, 11) is 0. The number of para-hydroxylation sites is 1. The minimum atomic E-state index is -0.367. The van der Waals surface area contributed by atoms with Crippen LogP contribution in [0.1, 0.15) is 45.4 Å². The third-order valence-corrected chi connectivity index (χ3v) is 7.86. The molecule has 5 rings (SSSR count). The molecule has 3 heterocycles. The van der Waals surface area contributed by atoms with Gasteiger partial charge in [-0.2, -0.15) is 10.3 Å². The smallest absolute Gasteiger partial charge is 0.277 e. The Bertz CT molecular complexity index is 1380. The maximum absolute atomic E-state index is 12.6. The van der Waals surface area contributed by atoms with Crippen molar-refractivity contribution in [2.24, 2.45) is 10.7 Å². The van der Waals surface area contributed by atoms with E-state index in [-0.39, 0.29) is 11.9 Å². The molecule has 0 spiro atoms. The standard InChI is InChI=1S/C25H23N7OS2/c26-13-16-5-7-17(8-6-16)14-32-11-9-18(10-12-32)23-28-20(15-34-23)22(33)30-24(27)31-25-29-19-3-1-2-4-21(19)35-25/h1-8,15,18H,9-12,14H2,(H3,27,29,30,31,33). The zero-order chi connectivity index (χ0) is 24.2. The van der Waals surface area contributed by atoms with Crippen molar-refractivity contribution < 1.29 is 4.79 Å². The van der Waals surface area contributed by atoms with Crippen LogP contribution in [0.2, 0.25) is 0 Å². The van der Waals surface area contributed by atoms with Gasteiger partial charge in [0, 0.05) is 17.8 Å². The summed E-state index contributed by atoms with van der Waals surface area (Å²) >= 11 is 2.93. The molecule has 176 valence electrons. The second-order valence-corrected chi connectivity index (χ2v) is 10.2. The van der Waals surface area contributed by atoms with Crippen molar-refractivity contribution in [3.63, 3.8) is 0 Å². The minimum absolute atomic E-state index is 0.000262. The Hall–Kier alpha value is -3.65. The summed E-state index contributed by atoms with van der Waals surface area (Å²) in [5, 5.41) is 14.8. The number of nitriles is 1. The SMILES string of the molecule is N#Cc1ccc(CN2CCC(c3nc(C(=O)NC(N)=Nc4nc5ccccc5s4)cs3)CC2)cc1. The van der Waals surface area contributed by atoms with Crippen LogP contribution in [0.3, 0.4) is 0 Å². The number of likely N-dealkylation sites (tertiary alicyclic amines) is 1. The number of carbonyl (C=O) groups is 1. The summed E-state index contributed by atoms with van der Waals surface area (Å²) in [6.07, 6.45) is 1.98. The highest BCUT2D eigenvalue weighted by Crippen LogP contribution is 2.31. The van der Waals surface area contributed by atoms with Crippen LogP contribution in [0.15, 0.2) is 58.9 Å². The number of aliphatic imine (C=N–C) groups is 1. The Balaban J connectivity index is 1.15. The number of hydrogen-bond donors (Lipinski definition) is 2. The fourth-order valence-electron chi connectivity index (χ4n) is 4.08. The summed E-state index contributed by atoms with van der Waals surface area (Å²) in [5.41, 5.74) is 9.04. The van der Waals surface area contributed by atoms with E-state index in [1.165, 1.54) is 28.2 Å². The molecule has 1 amide bonds. The highest BCUT2D eigenvalue weighted by atomic mass is 32.1. The molecule has 3 N–H and O–H groups in total. The zero-order valence-corrected chi connectivity index (χ0v) is 20.5. The molecule has 0 aliphatic carbocycles. The third-order valence-electron chi connectivity index (χ3n) is 5.92. The molecule has 1 saturated heterocycles. The molecule has 2 aromatic heterocycles. The van der Waals surface area contributed by atoms with E-state index in [0.717, 1.165) is 47.7 Å². The Morgan fingerprint density at radius 1 is 1.17 bits per heavy atom. The van der Waals surface area contributed by atoms with E-state index in [2.05, 4.69) is 31.2 Å². The first kappa shape index (κ1) is 23.1. The van der Waals surface area contributed by atoms with Gasteiger partial charge in [0.1, 0.15) is 5.69 Å². The van der Waals surface area contributed by atoms with Crippen molar-refractivity contribution in [2.45, 2.75) is 25.3 Å². The normalized spacial score (nSPS) is 15.2. The lowest BCUT2D eigenvalue weighted by atomic mass is 9.97. The lowest BCUT2D eigenvalue weighted by molar-refractivity contribution is 0.0972. The molecule has 0 unspecified atom stereocenters. The number of hydrogen-bond acceptors (Lipinski definition) is 8. The van der Waals surface area contributed by atoms with Crippen LogP contribution in [-0.2, 0) is 6.54 Å². The third kappa shape index (κ3) is 5.54. The number of nitrogens with two attached hydrogens (primary N) is 1. The van der Waals surface area contributed by atoms with Crippen LogP contribution in [-0.4, -0.2) is 39.8 Å². The average Bonchev–Trinajstić information content (AvgIpc) is 3.52. The molecular formula is C25H23N7OS2. The van der Waals surface area contributed by atoms with Gasteiger partial charge in [-0.1, -0.05) is 35.6 Å². The summed E-state index contributed by atoms with van der Waals surface area (Å²) in [6.45, 7) is 2.80. The van der Waals surface area contributed by atoms with Gasteiger partial charge in [0.2, 0.25) is 11.1 Å². The number of nitrogens with one attached hydrogen (secondary N) is 1. The van der Waals surface area contributed by atoms with Gasteiger partial charge in [0.15, 0.2) is 0 Å². The monoisotopic (exact) mass is 501 g/mol. The maximum Gasteiger partial charge on any atom is 0.277 e. The Morgan fingerprint density at radius 2 is 1.94 bits per heavy atom. The molecule has 35 heavy (non-hydrogen) atoms. The molecule has 0 radical (unpaired) electrons. The predicted molar refractivity (Wildman–Crippen MR) is 139 cm³/mol. The molecule has 10 heteroatoms. The highest BCUT2D eigenvalue weighted by Gasteiger charge is 2.24. The molecule has 8 nitrogen and oxygen atoms in total. The molecule has 0 saturated carbocycles. The van der Waals surface area contributed by atoms with E-state index in [1.54, 1.807) is 5.38 Å². The van der Waals surface area contributed by atoms with Gasteiger partial charge in [-0.3, -0.25) is 15.0 Å². The van der Waals surface area contributed by atoms with Crippen molar-refractivity contribution in [1.82, 2.24) is 20.2 Å². The zero-order valence-electron chi connectivity index (χ0n) is 18.8. The molecular weight excluding hydrogens is 478 g/mol. The van der Waals surface area contributed by atoms with E-state index in [0.29, 0.717) is 22.3 Å². The Kier molecular flexibility index (Phi) is 6.81. The van der Waals surface area contributed by atoms with Crippen molar-refractivity contribution in [3.8, 4) is 6.07 Å². The van der Waals surface area contributed by atoms with Gasteiger partial charge in [0.05, 0.1) is 26.9 Å². The Labute approximate surface area is 210 Å². The number of carbonyl (C=O) groups excluding carboxylic acids is 1. The first-order valence-corrected chi connectivity index (χ1v) is 12.9. The summed E-state index contributed by atoms with van der Waals surface area (Å²) in [6, 6.07) is 17.6. The number of rotatable bonds is 5. The second kappa shape index (κ2) is 10.3. The van der Waals surface area contributed by atoms with Crippen molar-refractivity contribution in [1.29, 1.82) is 5.26 Å². The van der Waals surface area contributed by atoms with Gasteiger partial charge in [-0.15, -0.1) is 11.3 Å². The second-order valence-electron chi connectivity index (χ2n) is 8.35. The number of nitrogens with zero attached hydrogens (tertiary/aromatic N) is 5. The number of guanidine groups is 1. The van der Waals surface area contributed by atoms with Gasteiger partial charge in [-0.25, -0.2) is 9.97 Å². The summed E-state index contributed by atoms with van der Waals surface area (Å²) in [5.74, 6) is -0.0274. The first-order valence-electron chi connectivity index (χ1n) is 11.3. The van der Waals surface area contributed by atoms with E-state index in [1.807, 2.05) is 48.5 Å². The molecule has 4 aromatic rings. The van der Waals surface area contributed by atoms with E-state index < -0.39 is 0 Å². The number of amides is 1. The quantitative estimate of drug-likeness (QED) is 0.309. The van der Waals surface area contributed by atoms with Crippen molar-refractivity contribution in [2.75, 3.05) is 13.1 Å². The van der Waals surface area contributed by atoms with Crippen molar-refractivity contribution in [3.05, 3.63) is 75.7 Å². The summed E-state index contributed by atoms with van der Waals surface area (Å²) in [4.78, 5) is 28.3. The number of thiazole rings is 2. The average molecular weight is 502 g/mol. The van der Waals surface area contributed by atoms with Gasteiger partial charge >= 0.3 is 0 Å². The van der Waals surface area contributed by atoms with E-state index >= 15 is 0 Å². The van der Waals surface area contributed by atoms with Crippen LogP contribution >= 0.6 is 22.7 Å². The van der Waals surface area contributed by atoms with Crippen LogP contribution < -0.4 is 11.1 Å². The number of fused-ring (bicyclic) bond motifs is 1. The largest absolute Gasteiger partial charge is 0.369 e. The van der Waals surface area contributed by atoms with Crippen LogP contribution in [0, 0.1) is 11.3 Å². The number of benzene rings is 2. The number of piperidine rings is 1. The molecule has 1 aliphatic rings. The maximum atomic E-state index is 12.6. The topological polar surface area (TPSA) is 120 Å². The van der Waals surface area contributed by atoms with Gasteiger partial charge < -0.3 is 5.73 Å². The molecule has 0 atom stereocenters. The van der Waals surface area contributed by atoms with Crippen molar-refractivity contribution >= 4 is 49.9 Å². The van der Waals surface area contributed by atoms with Crippen LogP contribution in [0.5, 0.6) is 0 Å². The minimum Gasteiger partial charge on any atom is -0.369 e. The molecule has 0 bridgehead atoms. The molecule has 2 aromatic carbocycles. The highest BCUT2D eigenvalue weighted by molar-refractivity contribution is 7.22. The van der Waals surface area contributed by atoms with Crippen LogP contribution in [0.25, 0.3) is 10.2 Å². The first-order chi connectivity index (χ1) is 17.1. The summed E-state index contributed by atoms with van der Waals surface area (Å²) < 4.78 is 1.01. The fourth-order valence-corrected chi connectivity index (χ4v) is 5.90. The van der Waals surface area contributed by atoms with E-state index in [4.69, 9.17) is 11.0 Å². The predicted octanol–water partition coefficient (Wildman–Crippen LogP) is 4.38.